The van der Waals surface area contributed by atoms with Gasteiger partial charge in [-0.3, -0.25) is 4.79 Å². The van der Waals surface area contributed by atoms with E-state index in [1.54, 1.807) is 12.1 Å². The van der Waals surface area contributed by atoms with Crippen LogP contribution in [0, 0.1) is 28.5 Å². The van der Waals surface area contributed by atoms with Crippen LogP contribution in [0.1, 0.15) is 51.5 Å². The first kappa shape index (κ1) is 18.8. The number of halogens is 1. The molecule has 2 aliphatic rings. The molecule has 0 aromatic heterocycles. The van der Waals surface area contributed by atoms with Crippen molar-refractivity contribution in [1.29, 1.82) is 5.26 Å². The lowest BCUT2D eigenvalue weighted by atomic mass is 9.67. The van der Waals surface area contributed by atoms with Crippen molar-refractivity contribution in [3.05, 3.63) is 35.6 Å². The molecule has 26 heavy (non-hydrogen) atoms. The molecule has 1 heterocycles. The minimum atomic E-state index is -0.701. The average molecular weight is 358 g/mol. The minimum absolute atomic E-state index is 0.105. The van der Waals surface area contributed by atoms with E-state index in [-0.39, 0.29) is 11.7 Å². The SMILES string of the molecule is C[C@@H]1CN(C2CCC(C#N)(c3ccc(F)cc3)CC2)CC[C@@]1(C)C(=O)O. The van der Waals surface area contributed by atoms with Gasteiger partial charge in [-0.2, -0.15) is 5.26 Å². The molecule has 3 rings (SSSR count). The lowest BCUT2D eigenvalue weighted by molar-refractivity contribution is -0.155. The van der Waals surface area contributed by atoms with Crippen LogP contribution >= 0.6 is 0 Å². The molecule has 0 spiro atoms. The Morgan fingerprint density at radius 2 is 1.88 bits per heavy atom. The van der Waals surface area contributed by atoms with Crippen LogP contribution in [-0.2, 0) is 10.2 Å². The highest BCUT2D eigenvalue weighted by atomic mass is 19.1. The van der Waals surface area contributed by atoms with Crippen LogP contribution in [0.2, 0.25) is 0 Å². The Balaban J connectivity index is 1.66. The molecule has 1 saturated carbocycles. The van der Waals surface area contributed by atoms with E-state index < -0.39 is 16.8 Å². The average Bonchev–Trinajstić information content (AvgIpc) is 2.64. The van der Waals surface area contributed by atoms with Crippen molar-refractivity contribution in [1.82, 2.24) is 4.90 Å². The summed E-state index contributed by atoms with van der Waals surface area (Å²) in [7, 11) is 0. The zero-order valence-electron chi connectivity index (χ0n) is 15.5. The minimum Gasteiger partial charge on any atom is -0.481 e. The van der Waals surface area contributed by atoms with Gasteiger partial charge >= 0.3 is 5.97 Å². The summed E-state index contributed by atoms with van der Waals surface area (Å²) in [6.45, 7) is 5.48. The van der Waals surface area contributed by atoms with Gasteiger partial charge in [-0.1, -0.05) is 19.1 Å². The molecule has 0 radical (unpaired) electrons. The number of nitriles is 1. The molecule has 4 nitrogen and oxygen atoms in total. The van der Waals surface area contributed by atoms with Crippen LogP contribution in [-0.4, -0.2) is 35.1 Å². The van der Waals surface area contributed by atoms with Gasteiger partial charge in [0, 0.05) is 12.6 Å². The second-order valence-corrected chi connectivity index (χ2v) is 8.30. The summed E-state index contributed by atoms with van der Waals surface area (Å²) in [4.78, 5) is 14.0. The molecule has 2 atom stereocenters. The number of hydrogen-bond acceptors (Lipinski definition) is 3. The maximum atomic E-state index is 13.2. The van der Waals surface area contributed by atoms with Crippen LogP contribution in [0.25, 0.3) is 0 Å². The normalized spacial score (nSPS) is 35.6. The number of piperidine rings is 1. The summed E-state index contributed by atoms with van der Waals surface area (Å²) < 4.78 is 13.2. The molecule has 1 aromatic carbocycles. The Hall–Kier alpha value is -1.93. The number of carboxylic acid groups (broad SMARTS) is 1. The molecule has 1 saturated heterocycles. The van der Waals surface area contributed by atoms with E-state index in [0.29, 0.717) is 12.5 Å². The van der Waals surface area contributed by atoms with Crippen molar-refractivity contribution >= 4 is 5.97 Å². The lowest BCUT2D eigenvalue weighted by Gasteiger charge is -2.47. The Labute approximate surface area is 154 Å². The monoisotopic (exact) mass is 358 g/mol. The summed E-state index contributed by atoms with van der Waals surface area (Å²) in [5.74, 6) is -0.874. The number of hydrogen-bond donors (Lipinski definition) is 1. The Morgan fingerprint density at radius 3 is 2.38 bits per heavy atom. The molecule has 1 aliphatic carbocycles. The zero-order chi connectivity index (χ0) is 18.9. The first-order valence-corrected chi connectivity index (χ1v) is 9.45. The van der Waals surface area contributed by atoms with Gasteiger partial charge in [0.2, 0.25) is 0 Å². The van der Waals surface area contributed by atoms with Crippen molar-refractivity contribution in [2.75, 3.05) is 13.1 Å². The smallest absolute Gasteiger partial charge is 0.309 e. The third-order valence-corrected chi connectivity index (χ3v) is 6.94. The van der Waals surface area contributed by atoms with E-state index in [0.717, 1.165) is 44.3 Å². The summed E-state index contributed by atoms with van der Waals surface area (Å²) in [6, 6.07) is 9.23. The number of carboxylic acids is 1. The van der Waals surface area contributed by atoms with Gasteiger partial charge in [-0.05, 0) is 69.2 Å². The molecule has 0 unspecified atom stereocenters. The van der Waals surface area contributed by atoms with Crippen molar-refractivity contribution in [3.8, 4) is 6.07 Å². The Kier molecular flexibility index (Phi) is 5.07. The largest absolute Gasteiger partial charge is 0.481 e. The Bertz CT molecular complexity index is 704. The highest BCUT2D eigenvalue weighted by molar-refractivity contribution is 5.74. The molecule has 1 aliphatic heterocycles. The van der Waals surface area contributed by atoms with Crippen molar-refractivity contribution in [3.63, 3.8) is 0 Å². The molecule has 0 amide bonds. The van der Waals surface area contributed by atoms with E-state index in [4.69, 9.17) is 0 Å². The van der Waals surface area contributed by atoms with Crippen LogP contribution < -0.4 is 0 Å². The quantitative estimate of drug-likeness (QED) is 0.888. The fraction of sp³-hybridized carbons (Fsp3) is 0.619. The topological polar surface area (TPSA) is 64.3 Å². The summed E-state index contributed by atoms with van der Waals surface area (Å²) >= 11 is 0. The van der Waals surface area contributed by atoms with Crippen LogP contribution in [0.15, 0.2) is 24.3 Å². The van der Waals surface area contributed by atoms with E-state index in [1.807, 2.05) is 13.8 Å². The first-order chi connectivity index (χ1) is 12.3. The van der Waals surface area contributed by atoms with Gasteiger partial charge in [0.15, 0.2) is 0 Å². The highest BCUT2D eigenvalue weighted by Gasteiger charge is 2.45. The predicted octanol–water partition coefficient (Wildman–Crippen LogP) is 3.96. The number of likely N-dealkylation sites (tertiary alicyclic amines) is 1. The standard InChI is InChI=1S/C21H27FN2O2/c1-15-13-24(12-11-20(15,2)19(25)26)18-7-9-21(14-23,10-8-18)16-3-5-17(22)6-4-16/h3-6,15,18H,7-13H2,1-2H3,(H,25,26)/t15-,18?,20-,21?/m1/s1. The van der Waals surface area contributed by atoms with Gasteiger partial charge < -0.3 is 10.0 Å². The van der Waals surface area contributed by atoms with E-state index in [2.05, 4.69) is 11.0 Å². The Morgan fingerprint density at radius 1 is 1.27 bits per heavy atom. The third kappa shape index (κ3) is 3.23. The third-order valence-electron chi connectivity index (χ3n) is 6.94. The van der Waals surface area contributed by atoms with Gasteiger partial charge in [-0.15, -0.1) is 0 Å². The predicted molar refractivity (Wildman–Crippen MR) is 97.0 cm³/mol. The van der Waals surface area contributed by atoms with E-state index >= 15 is 0 Å². The second kappa shape index (κ2) is 7.00. The fourth-order valence-corrected chi connectivity index (χ4v) is 4.61. The molecule has 5 heteroatoms. The van der Waals surface area contributed by atoms with Crippen LogP contribution in [0.5, 0.6) is 0 Å². The van der Waals surface area contributed by atoms with Crippen molar-refractivity contribution in [2.45, 2.75) is 57.4 Å². The van der Waals surface area contributed by atoms with Crippen molar-refractivity contribution in [2.24, 2.45) is 11.3 Å². The first-order valence-electron chi connectivity index (χ1n) is 9.45. The molecular weight excluding hydrogens is 331 g/mol. The van der Waals surface area contributed by atoms with Gasteiger partial charge in [0.05, 0.1) is 16.9 Å². The van der Waals surface area contributed by atoms with Gasteiger partial charge in [0.25, 0.3) is 0 Å². The molecule has 2 fully saturated rings. The summed E-state index contributed by atoms with van der Waals surface area (Å²) in [6.07, 6.45) is 4.03. The zero-order valence-corrected chi connectivity index (χ0v) is 15.5. The lowest BCUT2D eigenvalue weighted by Crippen LogP contribution is -2.53. The molecule has 1 N–H and O–H groups in total. The van der Waals surface area contributed by atoms with Crippen molar-refractivity contribution < 1.29 is 14.3 Å². The van der Waals surface area contributed by atoms with E-state index in [1.165, 1.54) is 12.1 Å². The number of rotatable bonds is 3. The highest BCUT2D eigenvalue weighted by Crippen LogP contribution is 2.43. The van der Waals surface area contributed by atoms with Crippen LogP contribution in [0.3, 0.4) is 0 Å². The fourth-order valence-electron chi connectivity index (χ4n) is 4.61. The molecule has 140 valence electrons. The maximum absolute atomic E-state index is 13.2. The molecule has 0 bridgehead atoms. The number of nitrogens with zero attached hydrogens (tertiary/aromatic N) is 2. The van der Waals surface area contributed by atoms with Crippen LogP contribution in [0.4, 0.5) is 4.39 Å². The number of aliphatic carboxylic acids is 1. The van der Waals surface area contributed by atoms with E-state index in [9.17, 15) is 19.6 Å². The van der Waals surface area contributed by atoms with Gasteiger partial charge in [-0.25, -0.2) is 4.39 Å². The summed E-state index contributed by atoms with van der Waals surface area (Å²) in [5, 5.41) is 19.3. The van der Waals surface area contributed by atoms with Gasteiger partial charge in [0.1, 0.15) is 5.82 Å². The number of benzene rings is 1. The molecule has 1 aromatic rings. The second-order valence-electron chi connectivity index (χ2n) is 8.30. The number of carbonyl (C=O) groups is 1. The summed E-state index contributed by atoms with van der Waals surface area (Å²) in [5.41, 5.74) is -0.262. The maximum Gasteiger partial charge on any atom is 0.309 e. The molecular formula is C21H27FN2O2.